The van der Waals surface area contributed by atoms with Crippen LogP contribution < -0.4 is 5.32 Å². The molecule has 0 spiro atoms. The number of thiophene rings is 1. The highest BCUT2D eigenvalue weighted by molar-refractivity contribution is 7.17. The van der Waals surface area contributed by atoms with Gasteiger partial charge >= 0.3 is 5.97 Å². The predicted octanol–water partition coefficient (Wildman–Crippen LogP) is 2.54. The summed E-state index contributed by atoms with van der Waals surface area (Å²) < 4.78 is 0. The van der Waals surface area contributed by atoms with E-state index in [1.54, 1.807) is 0 Å². The highest BCUT2D eigenvalue weighted by Gasteiger charge is 2.29. The Labute approximate surface area is 159 Å². The zero-order valence-electron chi connectivity index (χ0n) is 15.9. The number of anilines is 1. The molecule has 1 aliphatic heterocycles. The van der Waals surface area contributed by atoms with Crippen molar-refractivity contribution in [2.45, 2.75) is 45.1 Å². The van der Waals surface area contributed by atoms with Crippen LogP contribution >= 0.6 is 11.3 Å². The topological polar surface area (TPSA) is 72.9 Å². The number of aromatic carboxylic acids is 1. The minimum atomic E-state index is -0.934. The van der Waals surface area contributed by atoms with Crippen molar-refractivity contribution in [3.05, 3.63) is 16.0 Å². The van der Waals surface area contributed by atoms with E-state index in [1.807, 2.05) is 7.05 Å². The maximum atomic E-state index is 12.5. The Morgan fingerprint density at radius 2 is 2.00 bits per heavy atom. The van der Waals surface area contributed by atoms with Crippen molar-refractivity contribution in [3.8, 4) is 0 Å². The van der Waals surface area contributed by atoms with Crippen LogP contribution in [0.1, 0.15) is 47.0 Å². The van der Waals surface area contributed by atoms with Gasteiger partial charge in [-0.1, -0.05) is 6.92 Å². The fourth-order valence-electron chi connectivity index (χ4n) is 4.02. The van der Waals surface area contributed by atoms with Crippen molar-refractivity contribution < 1.29 is 14.7 Å². The molecular formula is C19H29N3O3S. The summed E-state index contributed by atoms with van der Waals surface area (Å²) in [5.41, 5.74) is 1.24. The number of likely N-dealkylation sites (tertiary alicyclic amines) is 1. The number of piperidine rings is 1. The van der Waals surface area contributed by atoms with E-state index in [1.165, 1.54) is 11.3 Å². The maximum Gasteiger partial charge on any atom is 0.339 e. The van der Waals surface area contributed by atoms with E-state index in [2.05, 4.69) is 29.1 Å². The number of hydrogen-bond donors (Lipinski definition) is 2. The van der Waals surface area contributed by atoms with E-state index in [0.717, 1.165) is 55.6 Å². The van der Waals surface area contributed by atoms with E-state index in [4.69, 9.17) is 0 Å². The zero-order valence-corrected chi connectivity index (χ0v) is 16.7. The lowest BCUT2D eigenvalue weighted by Crippen LogP contribution is -2.44. The van der Waals surface area contributed by atoms with Crippen molar-refractivity contribution in [1.29, 1.82) is 0 Å². The highest BCUT2D eigenvalue weighted by atomic mass is 32.1. The zero-order chi connectivity index (χ0) is 18.8. The number of carboxylic acid groups (broad SMARTS) is 1. The van der Waals surface area contributed by atoms with Gasteiger partial charge in [0.05, 0.1) is 12.1 Å². The quantitative estimate of drug-likeness (QED) is 0.822. The molecule has 0 radical (unpaired) electrons. The Morgan fingerprint density at radius 1 is 1.31 bits per heavy atom. The van der Waals surface area contributed by atoms with Gasteiger partial charge in [-0.15, -0.1) is 11.3 Å². The number of rotatable bonds is 5. The van der Waals surface area contributed by atoms with Crippen LogP contribution in [0, 0.1) is 5.92 Å². The maximum absolute atomic E-state index is 12.5. The molecule has 2 heterocycles. The molecule has 7 heteroatoms. The molecular weight excluding hydrogens is 350 g/mol. The average molecular weight is 380 g/mol. The lowest BCUT2D eigenvalue weighted by atomic mass is 9.88. The predicted molar refractivity (Wildman–Crippen MR) is 104 cm³/mol. The molecule has 26 heavy (non-hydrogen) atoms. The van der Waals surface area contributed by atoms with Gasteiger partial charge in [0, 0.05) is 10.9 Å². The SMILES string of the molecule is CC1CCc2c(sc(NC(=O)CN(C)C3CCN(C)CC3)c2C(=O)O)C1. The van der Waals surface area contributed by atoms with Gasteiger partial charge in [0.1, 0.15) is 5.00 Å². The summed E-state index contributed by atoms with van der Waals surface area (Å²) in [5.74, 6) is -0.487. The third-order valence-electron chi connectivity index (χ3n) is 5.68. The fraction of sp³-hybridized carbons (Fsp3) is 0.684. The number of fused-ring (bicyclic) bond motifs is 1. The van der Waals surface area contributed by atoms with E-state index in [-0.39, 0.29) is 5.91 Å². The molecule has 1 aromatic rings. The number of carboxylic acids is 1. The van der Waals surface area contributed by atoms with Crippen LogP contribution in [-0.4, -0.2) is 66.6 Å². The van der Waals surface area contributed by atoms with Gasteiger partial charge in [0.15, 0.2) is 0 Å². The fourth-order valence-corrected chi connectivity index (χ4v) is 5.44. The van der Waals surface area contributed by atoms with Gasteiger partial charge in [-0.25, -0.2) is 4.79 Å². The van der Waals surface area contributed by atoms with Crippen LogP contribution in [0.2, 0.25) is 0 Å². The van der Waals surface area contributed by atoms with Crippen molar-refractivity contribution >= 4 is 28.2 Å². The van der Waals surface area contributed by atoms with Crippen LogP contribution in [0.5, 0.6) is 0 Å². The minimum Gasteiger partial charge on any atom is -0.478 e. The Hall–Kier alpha value is -1.44. The number of amides is 1. The van der Waals surface area contributed by atoms with E-state index >= 15 is 0 Å². The highest BCUT2D eigenvalue weighted by Crippen LogP contribution is 2.39. The summed E-state index contributed by atoms with van der Waals surface area (Å²) in [4.78, 5) is 29.8. The Balaban J connectivity index is 1.66. The second-order valence-electron chi connectivity index (χ2n) is 7.86. The third-order valence-corrected chi connectivity index (χ3v) is 6.85. The first-order valence-electron chi connectivity index (χ1n) is 9.41. The van der Waals surface area contributed by atoms with Crippen molar-refractivity contribution in [1.82, 2.24) is 9.80 Å². The summed E-state index contributed by atoms with van der Waals surface area (Å²) >= 11 is 1.45. The Bertz CT molecular complexity index is 680. The Morgan fingerprint density at radius 3 is 2.65 bits per heavy atom. The average Bonchev–Trinajstić information content (AvgIpc) is 2.91. The molecule has 0 aromatic carbocycles. The first-order chi connectivity index (χ1) is 12.3. The van der Waals surface area contributed by atoms with Crippen LogP contribution in [0.4, 0.5) is 5.00 Å². The molecule has 1 fully saturated rings. The molecule has 1 aliphatic carbocycles. The number of hydrogen-bond acceptors (Lipinski definition) is 5. The standard InChI is InChI=1S/C19H29N3O3S/c1-12-4-5-14-15(10-12)26-18(17(14)19(24)25)20-16(23)11-22(3)13-6-8-21(2)9-7-13/h12-13H,4-11H2,1-3H3,(H,20,23)(H,24,25). The van der Waals surface area contributed by atoms with Gasteiger partial charge in [-0.2, -0.15) is 0 Å². The van der Waals surface area contributed by atoms with Gasteiger partial charge in [0.2, 0.25) is 5.91 Å². The first kappa shape index (κ1) is 19.3. The smallest absolute Gasteiger partial charge is 0.339 e. The van der Waals surface area contributed by atoms with Crippen LogP contribution in [0.15, 0.2) is 0 Å². The largest absolute Gasteiger partial charge is 0.478 e. The van der Waals surface area contributed by atoms with Gasteiger partial charge < -0.3 is 15.3 Å². The van der Waals surface area contributed by atoms with Gasteiger partial charge in [-0.3, -0.25) is 9.69 Å². The Kier molecular flexibility index (Phi) is 5.99. The summed E-state index contributed by atoms with van der Waals surface area (Å²) in [6.07, 6.45) is 4.83. The van der Waals surface area contributed by atoms with Crippen molar-refractivity contribution in [2.24, 2.45) is 5.92 Å². The second-order valence-corrected chi connectivity index (χ2v) is 8.96. The lowest BCUT2D eigenvalue weighted by molar-refractivity contribution is -0.117. The van der Waals surface area contributed by atoms with Crippen LogP contribution in [-0.2, 0) is 17.6 Å². The van der Waals surface area contributed by atoms with Crippen molar-refractivity contribution in [3.63, 3.8) is 0 Å². The van der Waals surface area contributed by atoms with E-state index in [9.17, 15) is 14.7 Å². The lowest BCUT2D eigenvalue weighted by Gasteiger charge is -2.34. The summed E-state index contributed by atoms with van der Waals surface area (Å²) in [6, 6.07) is 0.410. The van der Waals surface area contributed by atoms with Crippen molar-refractivity contribution in [2.75, 3.05) is 39.0 Å². The molecule has 2 aliphatic rings. The van der Waals surface area contributed by atoms with E-state index in [0.29, 0.717) is 29.1 Å². The minimum absolute atomic E-state index is 0.124. The normalized spacial score (nSPS) is 21.6. The number of nitrogens with one attached hydrogen (secondary N) is 1. The molecule has 0 saturated carbocycles. The molecule has 1 amide bonds. The van der Waals surface area contributed by atoms with E-state index < -0.39 is 5.97 Å². The molecule has 3 rings (SSSR count). The van der Waals surface area contributed by atoms with Gasteiger partial charge in [-0.05, 0) is 70.8 Å². The first-order valence-corrected chi connectivity index (χ1v) is 10.2. The molecule has 144 valence electrons. The number of nitrogens with zero attached hydrogens (tertiary/aromatic N) is 2. The molecule has 0 bridgehead atoms. The summed E-state index contributed by atoms with van der Waals surface area (Å²) in [6.45, 7) is 4.59. The third kappa shape index (κ3) is 4.27. The second kappa shape index (κ2) is 8.06. The molecule has 1 saturated heterocycles. The summed E-state index contributed by atoms with van der Waals surface area (Å²) in [5, 5.41) is 13.0. The monoisotopic (exact) mass is 379 g/mol. The molecule has 1 aromatic heterocycles. The van der Waals surface area contributed by atoms with Gasteiger partial charge in [0.25, 0.3) is 0 Å². The number of carbonyl (C=O) groups is 2. The molecule has 2 N–H and O–H groups in total. The molecule has 1 unspecified atom stereocenters. The number of likely N-dealkylation sites (N-methyl/N-ethyl adjacent to an activating group) is 1. The molecule has 6 nitrogen and oxygen atoms in total. The van der Waals surface area contributed by atoms with Crippen LogP contribution in [0.3, 0.4) is 0 Å². The van der Waals surface area contributed by atoms with Crippen LogP contribution in [0.25, 0.3) is 0 Å². The summed E-state index contributed by atoms with van der Waals surface area (Å²) in [7, 11) is 4.10. The number of carbonyl (C=O) groups excluding carboxylic acids is 1. The molecule has 1 atom stereocenters.